The minimum Gasteiger partial charge on any atom is -0.497 e. The van der Waals surface area contributed by atoms with Gasteiger partial charge in [-0.3, -0.25) is 9.69 Å². The van der Waals surface area contributed by atoms with Crippen LogP contribution in [0.25, 0.3) is 11.3 Å². The summed E-state index contributed by atoms with van der Waals surface area (Å²) in [6.07, 6.45) is 0.441. The third-order valence-electron chi connectivity index (χ3n) is 5.22. The lowest BCUT2D eigenvalue weighted by molar-refractivity contribution is -0.132. The van der Waals surface area contributed by atoms with Gasteiger partial charge in [0, 0.05) is 37.1 Å². The summed E-state index contributed by atoms with van der Waals surface area (Å²) in [5, 5.41) is 3.25. The zero-order chi connectivity index (χ0) is 20.1. The largest absolute Gasteiger partial charge is 0.497 e. The molecule has 1 aliphatic rings. The highest BCUT2D eigenvalue weighted by atomic mass is 32.1. The molecule has 0 N–H and O–H groups in total. The monoisotopic (exact) mass is 407 g/mol. The maximum absolute atomic E-state index is 12.6. The highest BCUT2D eigenvalue weighted by Crippen LogP contribution is 2.23. The average Bonchev–Trinajstić information content (AvgIpc) is 3.24. The topological polar surface area (TPSA) is 45.7 Å². The number of nitrogens with zero attached hydrogens (tertiary/aromatic N) is 3. The molecule has 3 aromatic rings. The van der Waals surface area contributed by atoms with E-state index < -0.39 is 0 Å². The molecule has 0 saturated carbocycles. The summed E-state index contributed by atoms with van der Waals surface area (Å²) in [4.78, 5) is 21.7. The van der Waals surface area contributed by atoms with Crippen LogP contribution in [0.5, 0.6) is 5.75 Å². The molecule has 5 nitrogen and oxygen atoms in total. The first-order valence-electron chi connectivity index (χ1n) is 9.84. The molecular formula is C23H25N3O2S. The van der Waals surface area contributed by atoms with Crippen LogP contribution in [0.1, 0.15) is 10.6 Å². The van der Waals surface area contributed by atoms with E-state index in [0.717, 1.165) is 60.3 Å². The molecule has 2 aromatic carbocycles. The number of hydrogen-bond donors (Lipinski definition) is 0. The Morgan fingerprint density at radius 1 is 1.03 bits per heavy atom. The molecular weight excluding hydrogens is 382 g/mol. The predicted molar refractivity (Wildman–Crippen MR) is 116 cm³/mol. The molecule has 0 unspecified atom stereocenters. The smallest absolute Gasteiger partial charge is 0.227 e. The normalized spacial score (nSPS) is 14.7. The summed E-state index contributed by atoms with van der Waals surface area (Å²) < 4.78 is 5.17. The maximum atomic E-state index is 12.6. The average molecular weight is 408 g/mol. The predicted octanol–water partition coefficient (Wildman–Crippen LogP) is 3.71. The number of methoxy groups -OCH3 is 1. The number of thiazole rings is 1. The van der Waals surface area contributed by atoms with Crippen molar-refractivity contribution >= 4 is 17.2 Å². The van der Waals surface area contributed by atoms with Crippen molar-refractivity contribution in [2.75, 3.05) is 33.3 Å². The standard InChI is InChI=1S/C23H25N3O2S/c1-28-20-9-7-18(8-10-20)15-23(27)26-13-11-25(12-14-26)16-22-24-21(17-29-22)19-5-3-2-4-6-19/h2-10,17H,11-16H2,1H3. The molecule has 2 heterocycles. The molecule has 1 aliphatic heterocycles. The van der Waals surface area contributed by atoms with Gasteiger partial charge in [-0.15, -0.1) is 11.3 Å². The number of hydrogen-bond acceptors (Lipinski definition) is 5. The van der Waals surface area contributed by atoms with Crippen LogP contribution in [-0.2, 0) is 17.8 Å². The van der Waals surface area contributed by atoms with Gasteiger partial charge in [-0.25, -0.2) is 4.98 Å². The summed E-state index contributed by atoms with van der Waals surface area (Å²) in [7, 11) is 1.65. The number of ether oxygens (including phenoxy) is 1. The number of aromatic nitrogens is 1. The Morgan fingerprint density at radius 2 is 1.76 bits per heavy atom. The van der Waals surface area contributed by atoms with Crippen molar-refractivity contribution in [2.24, 2.45) is 0 Å². The number of benzene rings is 2. The molecule has 1 amide bonds. The van der Waals surface area contributed by atoms with Crippen molar-refractivity contribution in [1.82, 2.24) is 14.8 Å². The minimum absolute atomic E-state index is 0.190. The zero-order valence-electron chi connectivity index (χ0n) is 16.6. The van der Waals surface area contributed by atoms with Crippen LogP contribution < -0.4 is 4.74 Å². The van der Waals surface area contributed by atoms with E-state index in [9.17, 15) is 4.79 Å². The Balaban J connectivity index is 1.27. The number of carbonyl (C=O) groups is 1. The Labute approximate surface area is 175 Å². The first-order chi connectivity index (χ1) is 14.2. The van der Waals surface area contributed by atoms with Crippen LogP contribution in [0.2, 0.25) is 0 Å². The summed E-state index contributed by atoms with van der Waals surface area (Å²) >= 11 is 1.71. The Bertz CT molecular complexity index is 932. The van der Waals surface area contributed by atoms with E-state index in [1.165, 1.54) is 0 Å². The van der Waals surface area contributed by atoms with Gasteiger partial charge in [-0.2, -0.15) is 0 Å². The molecule has 0 radical (unpaired) electrons. The third kappa shape index (κ3) is 5.02. The van der Waals surface area contributed by atoms with Gasteiger partial charge in [0.1, 0.15) is 10.8 Å². The number of rotatable bonds is 6. The minimum atomic E-state index is 0.190. The molecule has 1 fully saturated rings. The lowest BCUT2D eigenvalue weighted by Gasteiger charge is -2.34. The highest BCUT2D eigenvalue weighted by molar-refractivity contribution is 7.09. The van der Waals surface area contributed by atoms with Crippen LogP contribution in [0, 0.1) is 0 Å². The molecule has 1 aromatic heterocycles. The van der Waals surface area contributed by atoms with E-state index in [1.54, 1.807) is 18.4 Å². The molecule has 0 aliphatic carbocycles. The summed E-state index contributed by atoms with van der Waals surface area (Å²) in [5.41, 5.74) is 3.22. The van der Waals surface area contributed by atoms with Crippen LogP contribution in [0.3, 0.4) is 0 Å². The van der Waals surface area contributed by atoms with Gasteiger partial charge in [0.25, 0.3) is 0 Å². The second kappa shape index (κ2) is 9.20. The summed E-state index contributed by atoms with van der Waals surface area (Å²) in [5.74, 6) is 1.00. The highest BCUT2D eigenvalue weighted by Gasteiger charge is 2.22. The van der Waals surface area contributed by atoms with Crippen LogP contribution in [0.4, 0.5) is 0 Å². The fourth-order valence-electron chi connectivity index (χ4n) is 3.50. The zero-order valence-corrected chi connectivity index (χ0v) is 17.4. The van der Waals surface area contributed by atoms with Crippen molar-refractivity contribution in [3.8, 4) is 17.0 Å². The van der Waals surface area contributed by atoms with E-state index in [1.807, 2.05) is 47.4 Å². The number of amides is 1. The fourth-order valence-corrected chi connectivity index (χ4v) is 4.35. The molecule has 1 saturated heterocycles. The van der Waals surface area contributed by atoms with Gasteiger partial charge < -0.3 is 9.64 Å². The van der Waals surface area contributed by atoms with E-state index in [-0.39, 0.29) is 5.91 Å². The Hall–Kier alpha value is -2.70. The van der Waals surface area contributed by atoms with E-state index in [4.69, 9.17) is 9.72 Å². The maximum Gasteiger partial charge on any atom is 0.227 e. The first kappa shape index (κ1) is 19.6. The van der Waals surface area contributed by atoms with Crippen molar-refractivity contribution in [1.29, 1.82) is 0 Å². The SMILES string of the molecule is COc1ccc(CC(=O)N2CCN(Cc3nc(-c4ccccc4)cs3)CC2)cc1. The molecule has 6 heteroatoms. The second-order valence-corrected chi connectivity index (χ2v) is 8.12. The van der Waals surface area contributed by atoms with Gasteiger partial charge in [-0.05, 0) is 17.7 Å². The van der Waals surface area contributed by atoms with Crippen LogP contribution in [0.15, 0.2) is 60.0 Å². The molecule has 0 bridgehead atoms. The van der Waals surface area contributed by atoms with Gasteiger partial charge in [0.05, 0.1) is 25.8 Å². The third-order valence-corrected chi connectivity index (χ3v) is 6.05. The van der Waals surface area contributed by atoms with Crippen molar-refractivity contribution < 1.29 is 9.53 Å². The summed E-state index contributed by atoms with van der Waals surface area (Å²) in [6, 6.07) is 18.0. The fraction of sp³-hybridized carbons (Fsp3) is 0.304. The summed E-state index contributed by atoms with van der Waals surface area (Å²) in [6.45, 7) is 4.15. The van der Waals surface area contributed by atoms with Crippen molar-refractivity contribution in [3.63, 3.8) is 0 Å². The van der Waals surface area contributed by atoms with Gasteiger partial charge in [0.2, 0.25) is 5.91 Å². The van der Waals surface area contributed by atoms with E-state index in [0.29, 0.717) is 6.42 Å². The number of piperazine rings is 1. The second-order valence-electron chi connectivity index (χ2n) is 7.17. The van der Waals surface area contributed by atoms with Gasteiger partial charge in [0.15, 0.2) is 0 Å². The molecule has 4 rings (SSSR count). The van der Waals surface area contributed by atoms with E-state index in [2.05, 4.69) is 22.4 Å². The molecule has 0 atom stereocenters. The molecule has 29 heavy (non-hydrogen) atoms. The van der Waals surface area contributed by atoms with Crippen LogP contribution >= 0.6 is 11.3 Å². The van der Waals surface area contributed by atoms with Gasteiger partial charge >= 0.3 is 0 Å². The number of carbonyl (C=O) groups excluding carboxylic acids is 1. The van der Waals surface area contributed by atoms with E-state index >= 15 is 0 Å². The lowest BCUT2D eigenvalue weighted by atomic mass is 10.1. The lowest BCUT2D eigenvalue weighted by Crippen LogP contribution is -2.48. The first-order valence-corrected chi connectivity index (χ1v) is 10.7. The quantitative estimate of drug-likeness (QED) is 0.625. The Kier molecular flexibility index (Phi) is 6.22. The molecule has 0 spiro atoms. The molecule has 150 valence electrons. The van der Waals surface area contributed by atoms with Crippen LogP contribution in [-0.4, -0.2) is 54.0 Å². The van der Waals surface area contributed by atoms with Crippen molar-refractivity contribution in [3.05, 3.63) is 70.5 Å². The van der Waals surface area contributed by atoms with Crippen molar-refractivity contribution in [2.45, 2.75) is 13.0 Å². The Morgan fingerprint density at radius 3 is 2.45 bits per heavy atom. The van der Waals surface area contributed by atoms with Gasteiger partial charge in [-0.1, -0.05) is 42.5 Å².